The number of likely N-dealkylation sites (N-methyl/N-ethyl adjacent to an activating group) is 1. The molecule has 1 atom stereocenters. The second-order valence-electron chi connectivity index (χ2n) is 4.96. The third kappa shape index (κ3) is 2.68. The zero-order chi connectivity index (χ0) is 13.2. The number of nitrogens with zero attached hydrogens (tertiary/aromatic N) is 4. The quantitative estimate of drug-likeness (QED) is 0.916. The molecule has 1 N–H and O–H groups in total. The van der Waals surface area contributed by atoms with Gasteiger partial charge in [-0.1, -0.05) is 6.92 Å². The molecule has 1 saturated heterocycles. The van der Waals surface area contributed by atoms with Crippen molar-refractivity contribution in [2.75, 3.05) is 25.0 Å². The first-order valence-electron chi connectivity index (χ1n) is 6.75. The van der Waals surface area contributed by atoms with Crippen molar-refractivity contribution in [1.29, 1.82) is 0 Å². The van der Waals surface area contributed by atoms with Gasteiger partial charge in [-0.05, 0) is 38.1 Å². The molecule has 1 fully saturated rings. The summed E-state index contributed by atoms with van der Waals surface area (Å²) < 4.78 is 14.6. The van der Waals surface area contributed by atoms with Crippen LogP contribution in [0.5, 0.6) is 0 Å². The van der Waals surface area contributed by atoms with E-state index in [1.807, 2.05) is 0 Å². The minimum atomic E-state index is -0.307. The summed E-state index contributed by atoms with van der Waals surface area (Å²) >= 11 is 0. The van der Waals surface area contributed by atoms with Crippen LogP contribution in [0.2, 0.25) is 0 Å². The average molecular weight is 263 g/mol. The molecule has 0 radical (unpaired) electrons. The van der Waals surface area contributed by atoms with Gasteiger partial charge in [-0.15, -0.1) is 5.10 Å². The third-order valence-corrected chi connectivity index (χ3v) is 3.58. The van der Waals surface area contributed by atoms with Crippen molar-refractivity contribution in [2.45, 2.75) is 25.8 Å². The van der Waals surface area contributed by atoms with Gasteiger partial charge in [-0.3, -0.25) is 0 Å². The lowest BCUT2D eigenvalue weighted by Crippen LogP contribution is -2.42. The first kappa shape index (κ1) is 12.3. The van der Waals surface area contributed by atoms with E-state index >= 15 is 0 Å². The Bertz CT molecular complexity index is 567. The van der Waals surface area contributed by atoms with E-state index < -0.39 is 0 Å². The standard InChI is InChI=1S/C13H18FN5/c1-2-18-7-3-4-11(9-18)15-13-16-12-6-5-10(14)8-19(12)17-13/h5-6,8,11H,2-4,7,9H2,1H3,(H,15,17). The van der Waals surface area contributed by atoms with Gasteiger partial charge < -0.3 is 10.2 Å². The van der Waals surface area contributed by atoms with E-state index in [0.29, 0.717) is 17.6 Å². The third-order valence-electron chi connectivity index (χ3n) is 3.58. The Balaban J connectivity index is 1.74. The molecule has 102 valence electrons. The lowest BCUT2D eigenvalue weighted by atomic mass is 10.1. The molecule has 3 rings (SSSR count). The highest BCUT2D eigenvalue weighted by atomic mass is 19.1. The molecule has 19 heavy (non-hydrogen) atoms. The summed E-state index contributed by atoms with van der Waals surface area (Å²) in [4.78, 5) is 6.77. The van der Waals surface area contributed by atoms with Gasteiger partial charge in [0, 0.05) is 12.6 Å². The smallest absolute Gasteiger partial charge is 0.243 e. The van der Waals surface area contributed by atoms with Crippen molar-refractivity contribution in [2.24, 2.45) is 0 Å². The number of anilines is 1. The predicted octanol–water partition coefficient (Wildman–Crippen LogP) is 1.76. The molecule has 1 aliphatic heterocycles. The van der Waals surface area contributed by atoms with Crippen LogP contribution in [0, 0.1) is 5.82 Å². The minimum absolute atomic E-state index is 0.307. The van der Waals surface area contributed by atoms with Gasteiger partial charge in [-0.2, -0.15) is 4.98 Å². The van der Waals surface area contributed by atoms with Crippen LogP contribution in [0.3, 0.4) is 0 Å². The second kappa shape index (κ2) is 5.13. The summed E-state index contributed by atoms with van der Waals surface area (Å²) in [6.45, 7) is 5.43. The van der Waals surface area contributed by atoms with Crippen LogP contribution in [-0.2, 0) is 0 Å². The van der Waals surface area contributed by atoms with Crippen molar-refractivity contribution in [3.05, 3.63) is 24.1 Å². The molecule has 5 nitrogen and oxygen atoms in total. The first-order valence-corrected chi connectivity index (χ1v) is 6.75. The lowest BCUT2D eigenvalue weighted by Gasteiger charge is -2.31. The van der Waals surface area contributed by atoms with E-state index in [-0.39, 0.29) is 5.82 Å². The van der Waals surface area contributed by atoms with Crippen LogP contribution in [0.1, 0.15) is 19.8 Å². The summed E-state index contributed by atoms with van der Waals surface area (Å²) in [5.74, 6) is 0.271. The van der Waals surface area contributed by atoms with E-state index in [2.05, 4.69) is 27.2 Å². The summed E-state index contributed by atoms with van der Waals surface area (Å²) in [6.07, 6.45) is 3.65. The number of likely N-dealkylation sites (tertiary alicyclic amines) is 1. The number of aromatic nitrogens is 3. The van der Waals surface area contributed by atoms with Crippen molar-refractivity contribution >= 4 is 11.6 Å². The van der Waals surface area contributed by atoms with Gasteiger partial charge in [0.2, 0.25) is 5.95 Å². The summed E-state index contributed by atoms with van der Waals surface area (Å²) in [6, 6.07) is 3.40. The second-order valence-corrected chi connectivity index (χ2v) is 4.96. The number of rotatable bonds is 3. The van der Waals surface area contributed by atoms with E-state index in [4.69, 9.17) is 0 Å². The number of nitrogens with one attached hydrogen (secondary N) is 1. The number of halogens is 1. The number of hydrogen-bond acceptors (Lipinski definition) is 4. The maximum Gasteiger partial charge on any atom is 0.243 e. The van der Waals surface area contributed by atoms with Crippen LogP contribution in [0.15, 0.2) is 18.3 Å². The molecule has 1 unspecified atom stereocenters. The Morgan fingerprint density at radius 1 is 1.47 bits per heavy atom. The van der Waals surface area contributed by atoms with E-state index in [0.717, 1.165) is 19.5 Å². The maximum absolute atomic E-state index is 13.1. The summed E-state index contributed by atoms with van der Waals surface area (Å²) in [5, 5.41) is 7.60. The van der Waals surface area contributed by atoms with Gasteiger partial charge in [0.25, 0.3) is 0 Å². The lowest BCUT2D eigenvalue weighted by molar-refractivity contribution is 0.226. The molecule has 6 heteroatoms. The van der Waals surface area contributed by atoms with E-state index in [9.17, 15) is 4.39 Å². The van der Waals surface area contributed by atoms with E-state index in [1.165, 1.54) is 29.7 Å². The fourth-order valence-electron chi connectivity index (χ4n) is 2.56. The van der Waals surface area contributed by atoms with Crippen molar-refractivity contribution in [3.63, 3.8) is 0 Å². The van der Waals surface area contributed by atoms with Crippen LogP contribution in [0.25, 0.3) is 5.65 Å². The number of piperidine rings is 1. The van der Waals surface area contributed by atoms with E-state index in [1.54, 1.807) is 6.07 Å². The normalized spacial score (nSPS) is 20.8. The molecule has 2 aromatic rings. The van der Waals surface area contributed by atoms with Gasteiger partial charge in [0.15, 0.2) is 5.65 Å². The molecule has 3 heterocycles. The fraction of sp³-hybridized carbons (Fsp3) is 0.538. The average Bonchev–Trinajstić information content (AvgIpc) is 2.80. The predicted molar refractivity (Wildman–Crippen MR) is 71.7 cm³/mol. The Labute approximate surface area is 111 Å². The molecule has 0 bridgehead atoms. The molecular weight excluding hydrogens is 245 g/mol. The Hall–Kier alpha value is -1.69. The Morgan fingerprint density at radius 2 is 2.37 bits per heavy atom. The number of fused-ring (bicyclic) bond motifs is 1. The highest BCUT2D eigenvalue weighted by Gasteiger charge is 2.19. The highest BCUT2D eigenvalue weighted by Crippen LogP contribution is 2.14. The van der Waals surface area contributed by atoms with Crippen LogP contribution in [-0.4, -0.2) is 45.2 Å². The highest BCUT2D eigenvalue weighted by molar-refractivity contribution is 5.43. The largest absolute Gasteiger partial charge is 0.349 e. The van der Waals surface area contributed by atoms with Crippen molar-refractivity contribution in [1.82, 2.24) is 19.5 Å². The maximum atomic E-state index is 13.1. The van der Waals surface area contributed by atoms with Gasteiger partial charge >= 0.3 is 0 Å². The van der Waals surface area contributed by atoms with Gasteiger partial charge in [-0.25, -0.2) is 8.91 Å². The fourth-order valence-corrected chi connectivity index (χ4v) is 2.56. The van der Waals surface area contributed by atoms with Crippen molar-refractivity contribution in [3.8, 4) is 0 Å². The molecule has 0 aromatic carbocycles. The van der Waals surface area contributed by atoms with Gasteiger partial charge in [0.1, 0.15) is 5.82 Å². The molecule has 1 aliphatic rings. The Kier molecular flexibility index (Phi) is 3.33. The number of hydrogen-bond donors (Lipinski definition) is 1. The van der Waals surface area contributed by atoms with Crippen LogP contribution < -0.4 is 5.32 Å². The first-order chi connectivity index (χ1) is 9.24. The molecule has 0 saturated carbocycles. The zero-order valence-corrected chi connectivity index (χ0v) is 11.0. The minimum Gasteiger partial charge on any atom is -0.349 e. The Morgan fingerprint density at radius 3 is 3.21 bits per heavy atom. The van der Waals surface area contributed by atoms with Crippen LogP contribution >= 0.6 is 0 Å². The topological polar surface area (TPSA) is 45.5 Å². The molecule has 0 amide bonds. The van der Waals surface area contributed by atoms with Crippen molar-refractivity contribution < 1.29 is 4.39 Å². The summed E-state index contributed by atoms with van der Waals surface area (Å²) in [7, 11) is 0. The number of pyridine rings is 1. The molecule has 0 aliphatic carbocycles. The van der Waals surface area contributed by atoms with Crippen LogP contribution in [0.4, 0.5) is 10.3 Å². The summed E-state index contributed by atoms with van der Waals surface area (Å²) in [5.41, 5.74) is 0.659. The van der Waals surface area contributed by atoms with Gasteiger partial charge in [0.05, 0.1) is 6.20 Å². The molecule has 0 spiro atoms. The monoisotopic (exact) mass is 263 g/mol. The molecular formula is C13H18FN5. The molecule has 2 aromatic heterocycles. The SMILES string of the molecule is CCN1CCCC(Nc2nc3ccc(F)cn3n2)C1. The zero-order valence-electron chi connectivity index (χ0n) is 11.0.